The number of hydrogen-bond donors (Lipinski definition) is 2. The Labute approximate surface area is 211 Å². The van der Waals surface area contributed by atoms with E-state index >= 15 is 0 Å². The largest absolute Gasteiger partial charge is 0.478 e. The summed E-state index contributed by atoms with van der Waals surface area (Å²) in [5, 5.41) is 12.3. The number of carbonyl (C=O) groups excluding carboxylic acids is 1. The van der Waals surface area contributed by atoms with Crippen LogP contribution in [0.4, 0.5) is 10.5 Å². The molecule has 0 aromatic carbocycles. The second kappa shape index (κ2) is 12.2. The lowest BCUT2D eigenvalue weighted by Crippen LogP contribution is -2.44. The minimum absolute atomic E-state index is 0.0793. The van der Waals surface area contributed by atoms with Gasteiger partial charge >= 0.3 is 12.1 Å². The number of aromatic nitrogens is 3. The van der Waals surface area contributed by atoms with Crippen LogP contribution in [0.5, 0.6) is 0 Å². The minimum Gasteiger partial charge on any atom is -0.478 e. The summed E-state index contributed by atoms with van der Waals surface area (Å²) in [5.74, 6) is -0.928. The van der Waals surface area contributed by atoms with Gasteiger partial charge in [0.2, 0.25) is 0 Å². The fourth-order valence-electron chi connectivity index (χ4n) is 4.79. The van der Waals surface area contributed by atoms with E-state index in [1.807, 2.05) is 35.1 Å². The lowest BCUT2D eigenvalue weighted by atomic mass is 10.1. The van der Waals surface area contributed by atoms with Crippen molar-refractivity contribution in [3.8, 4) is 0 Å². The predicted molar refractivity (Wildman–Crippen MR) is 137 cm³/mol. The number of nitrogens with one attached hydrogen (secondary N) is 1. The van der Waals surface area contributed by atoms with E-state index in [4.69, 9.17) is 9.84 Å². The molecule has 36 heavy (non-hydrogen) atoms. The number of hydrogen-bond acceptors (Lipinski definition) is 8. The van der Waals surface area contributed by atoms with Gasteiger partial charge in [0, 0.05) is 70.7 Å². The molecule has 2 aromatic rings. The molecule has 11 nitrogen and oxygen atoms in total. The van der Waals surface area contributed by atoms with Gasteiger partial charge in [0.05, 0.1) is 12.0 Å². The molecule has 2 N–H and O–H groups in total. The summed E-state index contributed by atoms with van der Waals surface area (Å²) < 4.78 is 7.85. The molecule has 0 bridgehead atoms. The molecule has 1 atom stereocenters. The van der Waals surface area contributed by atoms with Crippen molar-refractivity contribution < 1.29 is 19.4 Å². The number of likely N-dealkylation sites (N-methyl/N-ethyl adjacent to an activating group) is 1. The Kier molecular flexibility index (Phi) is 8.76. The SMILES string of the molecule is CCn1cnc2c(NC3CCN(C(=O)O[C@H]4CCN(CCN(C)C/C=C/C(=O)O)C4)CC3)ccnc21. The first kappa shape index (κ1) is 25.9. The van der Waals surface area contributed by atoms with E-state index in [-0.39, 0.29) is 18.2 Å². The molecule has 0 aliphatic carbocycles. The highest BCUT2D eigenvalue weighted by Crippen LogP contribution is 2.24. The summed E-state index contributed by atoms with van der Waals surface area (Å²) in [7, 11) is 1.97. The lowest BCUT2D eigenvalue weighted by molar-refractivity contribution is -0.131. The van der Waals surface area contributed by atoms with Gasteiger partial charge in [0.15, 0.2) is 5.65 Å². The average molecular weight is 500 g/mol. The number of nitrogens with zero attached hydrogens (tertiary/aromatic N) is 6. The van der Waals surface area contributed by atoms with E-state index in [1.54, 1.807) is 6.08 Å². The normalized spacial score (nSPS) is 19.5. The summed E-state index contributed by atoms with van der Waals surface area (Å²) in [6, 6.07) is 2.24. The van der Waals surface area contributed by atoms with Crippen LogP contribution in [0.2, 0.25) is 0 Å². The highest BCUT2D eigenvalue weighted by atomic mass is 16.6. The Morgan fingerprint density at radius 3 is 2.81 bits per heavy atom. The third-order valence-corrected chi connectivity index (χ3v) is 6.93. The second-order valence-electron chi connectivity index (χ2n) is 9.56. The standard InChI is InChI=1S/C25H37N7O4/c1-3-31-18-27-23-21(6-10-26-24(23)31)28-19-7-13-32(14-8-19)25(35)36-20-9-12-30(17-20)16-15-29(2)11-4-5-22(33)34/h4-6,10,18-20H,3,7-9,11-17H2,1-2H3,(H,26,28)(H,33,34)/b5-4+/t20-/m0/s1. The number of imidazole rings is 1. The summed E-state index contributed by atoms with van der Waals surface area (Å²) in [6.45, 7) is 8.16. The molecule has 2 saturated heterocycles. The van der Waals surface area contributed by atoms with Crippen molar-refractivity contribution in [1.82, 2.24) is 29.2 Å². The van der Waals surface area contributed by atoms with Crippen LogP contribution in [-0.4, -0.2) is 111 Å². The summed E-state index contributed by atoms with van der Waals surface area (Å²) >= 11 is 0. The quantitative estimate of drug-likeness (QED) is 0.474. The van der Waals surface area contributed by atoms with Crippen LogP contribution in [0.3, 0.4) is 0 Å². The Morgan fingerprint density at radius 1 is 1.25 bits per heavy atom. The van der Waals surface area contributed by atoms with Crippen LogP contribution < -0.4 is 5.32 Å². The molecule has 0 saturated carbocycles. The number of anilines is 1. The topological polar surface area (TPSA) is 116 Å². The zero-order valence-corrected chi connectivity index (χ0v) is 21.2. The Morgan fingerprint density at radius 2 is 2.06 bits per heavy atom. The van der Waals surface area contributed by atoms with Gasteiger partial charge in [0.1, 0.15) is 11.6 Å². The third-order valence-electron chi connectivity index (χ3n) is 6.93. The van der Waals surface area contributed by atoms with Crippen LogP contribution >= 0.6 is 0 Å². The average Bonchev–Trinajstić information content (AvgIpc) is 3.50. The number of pyridine rings is 1. The molecule has 196 valence electrons. The van der Waals surface area contributed by atoms with Crippen molar-refractivity contribution in [1.29, 1.82) is 0 Å². The molecule has 2 aromatic heterocycles. The number of likely N-dealkylation sites (tertiary alicyclic amines) is 2. The number of aliphatic carboxylic acids is 1. The lowest BCUT2D eigenvalue weighted by Gasteiger charge is -2.33. The number of rotatable bonds is 10. The molecule has 0 spiro atoms. The van der Waals surface area contributed by atoms with Crippen molar-refractivity contribution >= 4 is 28.9 Å². The van der Waals surface area contributed by atoms with Crippen molar-refractivity contribution in [3.63, 3.8) is 0 Å². The monoisotopic (exact) mass is 499 g/mol. The number of fused-ring (bicyclic) bond motifs is 1. The number of amides is 1. The van der Waals surface area contributed by atoms with Gasteiger partial charge in [-0.05, 0) is 39.3 Å². The fourth-order valence-corrected chi connectivity index (χ4v) is 4.79. The maximum Gasteiger partial charge on any atom is 0.410 e. The zero-order valence-electron chi connectivity index (χ0n) is 21.2. The van der Waals surface area contributed by atoms with Gasteiger partial charge < -0.3 is 29.5 Å². The molecule has 4 heterocycles. The second-order valence-corrected chi connectivity index (χ2v) is 9.56. The molecule has 11 heteroatoms. The van der Waals surface area contributed by atoms with Crippen LogP contribution in [0.1, 0.15) is 26.2 Å². The molecular formula is C25H37N7O4. The number of carboxylic acid groups (broad SMARTS) is 1. The van der Waals surface area contributed by atoms with Gasteiger partial charge in [-0.25, -0.2) is 19.6 Å². The van der Waals surface area contributed by atoms with Gasteiger partial charge in [-0.15, -0.1) is 0 Å². The number of carboxylic acids is 1. The summed E-state index contributed by atoms with van der Waals surface area (Å²) in [6.07, 6.45) is 8.70. The number of aryl methyl sites for hydroxylation is 1. The highest BCUT2D eigenvalue weighted by Gasteiger charge is 2.29. The molecule has 1 amide bonds. The van der Waals surface area contributed by atoms with Crippen molar-refractivity contribution in [2.24, 2.45) is 0 Å². The van der Waals surface area contributed by atoms with Crippen LogP contribution in [0, 0.1) is 0 Å². The van der Waals surface area contributed by atoms with Crippen molar-refractivity contribution in [2.75, 3.05) is 58.2 Å². The first-order chi connectivity index (χ1) is 17.4. The Hall–Kier alpha value is -3.18. The van der Waals surface area contributed by atoms with Gasteiger partial charge in [-0.2, -0.15) is 0 Å². The van der Waals surface area contributed by atoms with Crippen molar-refractivity contribution in [2.45, 2.75) is 44.9 Å². The number of carbonyl (C=O) groups is 2. The molecule has 0 radical (unpaired) electrons. The van der Waals surface area contributed by atoms with E-state index in [1.165, 1.54) is 6.08 Å². The molecule has 0 unspecified atom stereocenters. The smallest absolute Gasteiger partial charge is 0.410 e. The van der Waals surface area contributed by atoms with E-state index in [2.05, 4.69) is 32.0 Å². The first-order valence-electron chi connectivity index (χ1n) is 12.7. The zero-order chi connectivity index (χ0) is 25.5. The maximum atomic E-state index is 12.8. The van der Waals surface area contributed by atoms with Crippen LogP contribution in [0.25, 0.3) is 11.2 Å². The molecule has 2 fully saturated rings. The molecule has 2 aliphatic rings. The fraction of sp³-hybridized carbons (Fsp3) is 0.600. The van der Waals surface area contributed by atoms with Gasteiger partial charge in [-0.1, -0.05) is 6.08 Å². The molecule has 4 rings (SSSR count). The van der Waals surface area contributed by atoms with E-state index in [9.17, 15) is 9.59 Å². The third kappa shape index (κ3) is 6.73. The summed E-state index contributed by atoms with van der Waals surface area (Å²) in [5.41, 5.74) is 2.76. The maximum absolute atomic E-state index is 12.8. The molecular weight excluding hydrogens is 462 g/mol. The number of ether oxygens (including phenoxy) is 1. The van der Waals surface area contributed by atoms with E-state index in [0.29, 0.717) is 19.6 Å². The first-order valence-corrected chi connectivity index (χ1v) is 12.7. The van der Waals surface area contributed by atoms with E-state index < -0.39 is 5.97 Å². The van der Waals surface area contributed by atoms with Gasteiger partial charge in [-0.3, -0.25) is 4.90 Å². The van der Waals surface area contributed by atoms with Crippen LogP contribution in [0.15, 0.2) is 30.7 Å². The van der Waals surface area contributed by atoms with E-state index in [0.717, 1.165) is 68.8 Å². The van der Waals surface area contributed by atoms with Crippen LogP contribution in [-0.2, 0) is 16.1 Å². The molecule has 2 aliphatic heterocycles. The summed E-state index contributed by atoms with van der Waals surface area (Å²) in [4.78, 5) is 38.5. The highest BCUT2D eigenvalue weighted by molar-refractivity contribution is 5.85. The Bertz CT molecular complexity index is 1060. The predicted octanol–water partition coefficient (Wildman–Crippen LogP) is 2.11. The number of piperidine rings is 1. The minimum atomic E-state index is -0.928. The van der Waals surface area contributed by atoms with Crippen molar-refractivity contribution in [3.05, 3.63) is 30.7 Å². The van der Waals surface area contributed by atoms with Gasteiger partial charge in [0.25, 0.3) is 0 Å². The Balaban J connectivity index is 1.17.